The average Bonchev–Trinajstić information content (AvgIpc) is 2.62. The Morgan fingerprint density at radius 2 is 2.00 bits per heavy atom. The van der Waals surface area contributed by atoms with Crippen LogP contribution in [0, 0.1) is 5.82 Å². The van der Waals surface area contributed by atoms with Crippen LogP contribution in [0.25, 0.3) is 0 Å². The number of anilines is 1. The monoisotopic (exact) mass is 347 g/mol. The molecule has 2 aromatic rings. The second-order valence-electron chi connectivity index (χ2n) is 5.14. The summed E-state index contributed by atoms with van der Waals surface area (Å²) in [5, 5.41) is 15.4. The zero-order valence-corrected chi connectivity index (χ0v) is 14.5. The minimum Gasteiger partial charge on any atom is -0.505 e. The van der Waals surface area contributed by atoms with E-state index in [1.165, 1.54) is 12.1 Å². The number of phenolic OH excluding ortho intramolecular Hbond substituents is 1. The lowest BCUT2D eigenvalue weighted by Crippen LogP contribution is -2.30. The van der Waals surface area contributed by atoms with Crippen LogP contribution in [0.2, 0.25) is 0 Å². The lowest BCUT2D eigenvalue weighted by Gasteiger charge is -2.14. The average molecular weight is 347 g/mol. The lowest BCUT2D eigenvalue weighted by atomic mass is 10.2. The highest BCUT2D eigenvalue weighted by Crippen LogP contribution is 2.30. The summed E-state index contributed by atoms with van der Waals surface area (Å²) in [6.45, 7) is 2.81. The summed E-state index contributed by atoms with van der Waals surface area (Å²) in [7, 11) is 3.21. The van der Waals surface area contributed by atoms with Crippen molar-refractivity contribution in [3.63, 3.8) is 0 Å². The fourth-order valence-electron chi connectivity index (χ4n) is 2.18. The first kappa shape index (κ1) is 18.4. The van der Waals surface area contributed by atoms with Crippen LogP contribution in [-0.4, -0.2) is 31.8 Å². The Balaban J connectivity index is 2.03. The SMILES string of the molecule is CCOc1ccc(NC(=NC)NCc2ccc(O)c(F)c2)cc1OC. The van der Waals surface area contributed by atoms with Crippen molar-refractivity contribution in [1.29, 1.82) is 0 Å². The molecule has 0 spiro atoms. The van der Waals surface area contributed by atoms with E-state index in [2.05, 4.69) is 15.6 Å². The van der Waals surface area contributed by atoms with Crippen molar-refractivity contribution in [2.75, 3.05) is 26.1 Å². The molecule has 25 heavy (non-hydrogen) atoms. The summed E-state index contributed by atoms with van der Waals surface area (Å²) in [6, 6.07) is 9.69. The largest absolute Gasteiger partial charge is 0.505 e. The molecule has 0 bridgehead atoms. The number of methoxy groups -OCH3 is 1. The molecule has 0 atom stereocenters. The smallest absolute Gasteiger partial charge is 0.195 e. The molecule has 0 unspecified atom stereocenters. The van der Waals surface area contributed by atoms with Gasteiger partial charge in [0, 0.05) is 25.3 Å². The summed E-state index contributed by atoms with van der Waals surface area (Å²) in [5.74, 6) is 0.770. The summed E-state index contributed by atoms with van der Waals surface area (Å²) >= 11 is 0. The standard InChI is InChI=1S/C18H22FN3O3/c1-4-25-16-8-6-13(10-17(16)24-3)22-18(20-2)21-11-12-5-7-15(23)14(19)9-12/h5-10,23H,4,11H2,1-3H3,(H2,20,21,22). The summed E-state index contributed by atoms with van der Waals surface area (Å²) in [5.41, 5.74) is 1.45. The topological polar surface area (TPSA) is 75.1 Å². The zero-order chi connectivity index (χ0) is 18.2. The third-order valence-electron chi connectivity index (χ3n) is 3.42. The predicted octanol–water partition coefficient (Wildman–Crippen LogP) is 3.13. The Hall–Kier alpha value is -2.96. The molecule has 0 saturated carbocycles. The van der Waals surface area contributed by atoms with Gasteiger partial charge in [-0.1, -0.05) is 6.07 Å². The molecule has 2 rings (SSSR count). The van der Waals surface area contributed by atoms with Gasteiger partial charge in [-0.2, -0.15) is 0 Å². The van der Waals surface area contributed by atoms with Gasteiger partial charge in [-0.05, 0) is 36.8 Å². The highest BCUT2D eigenvalue weighted by atomic mass is 19.1. The van der Waals surface area contributed by atoms with E-state index in [1.807, 2.05) is 19.1 Å². The van der Waals surface area contributed by atoms with Crippen LogP contribution < -0.4 is 20.1 Å². The maximum absolute atomic E-state index is 13.4. The third-order valence-corrected chi connectivity index (χ3v) is 3.42. The molecule has 0 saturated heterocycles. The molecule has 0 aliphatic heterocycles. The molecule has 0 fully saturated rings. The van der Waals surface area contributed by atoms with E-state index in [-0.39, 0.29) is 5.75 Å². The van der Waals surface area contributed by atoms with E-state index >= 15 is 0 Å². The van der Waals surface area contributed by atoms with Crippen LogP contribution in [0.1, 0.15) is 12.5 Å². The van der Waals surface area contributed by atoms with E-state index < -0.39 is 5.82 Å². The van der Waals surface area contributed by atoms with Gasteiger partial charge < -0.3 is 25.2 Å². The Bertz CT molecular complexity index is 750. The minimum atomic E-state index is -0.654. The van der Waals surface area contributed by atoms with Crippen molar-refractivity contribution >= 4 is 11.6 Å². The fourth-order valence-corrected chi connectivity index (χ4v) is 2.18. The van der Waals surface area contributed by atoms with Gasteiger partial charge in [-0.15, -0.1) is 0 Å². The van der Waals surface area contributed by atoms with Crippen molar-refractivity contribution in [3.8, 4) is 17.2 Å². The van der Waals surface area contributed by atoms with E-state index in [9.17, 15) is 9.50 Å². The number of halogens is 1. The zero-order valence-electron chi connectivity index (χ0n) is 14.5. The second kappa shape index (κ2) is 8.77. The fraction of sp³-hybridized carbons (Fsp3) is 0.278. The molecule has 0 heterocycles. The molecule has 6 nitrogen and oxygen atoms in total. The molecule has 0 radical (unpaired) electrons. The normalized spacial score (nSPS) is 11.1. The molecule has 0 aliphatic carbocycles. The van der Waals surface area contributed by atoms with Crippen molar-refractivity contribution in [2.24, 2.45) is 4.99 Å². The number of hydrogen-bond donors (Lipinski definition) is 3. The van der Waals surface area contributed by atoms with E-state index in [0.717, 1.165) is 5.69 Å². The Labute approximate surface area is 146 Å². The molecule has 0 aromatic heterocycles. The van der Waals surface area contributed by atoms with E-state index in [4.69, 9.17) is 9.47 Å². The minimum absolute atomic E-state index is 0.352. The number of hydrogen-bond acceptors (Lipinski definition) is 4. The van der Waals surface area contributed by atoms with Crippen LogP contribution in [0.3, 0.4) is 0 Å². The quantitative estimate of drug-likeness (QED) is 0.553. The lowest BCUT2D eigenvalue weighted by molar-refractivity contribution is 0.311. The number of phenols is 1. The van der Waals surface area contributed by atoms with Crippen LogP contribution in [0.15, 0.2) is 41.4 Å². The van der Waals surface area contributed by atoms with Crippen LogP contribution in [0.4, 0.5) is 10.1 Å². The summed E-state index contributed by atoms with van der Waals surface area (Å²) in [6.07, 6.45) is 0. The molecule has 3 N–H and O–H groups in total. The number of guanidine groups is 1. The van der Waals surface area contributed by atoms with E-state index in [0.29, 0.717) is 36.2 Å². The number of rotatable bonds is 6. The van der Waals surface area contributed by atoms with Crippen molar-refractivity contribution in [3.05, 3.63) is 47.8 Å². The van der Waals surface area contributed by atoms with Gasteiger partial charge in [0.05, 0.1) is 13.7 Å². The van der Waals surface area contributed by atoms with Gasteiger partial charge in [0.15, 0.2) is 29.0 Å². The van der Waals surface area contributed by atoms with Crippen LogP contribution >= 0.6 is 0 Å². The molecule has 134 valence electrons. The molecule has 0 amide bonds. The van der Waals surface area contributed by atoms with Gasteiger partial charge in [0.1, 0.15) is 0 Å². The first-order valence-corrected chi connectivity index (χ1v) is 7.83. The maximum Gasteiger partial charge on any atom is 0.195 e. The predicted molar refractivity (Wildman–Crippen MR) is 96.0 cm³/mol. The molecule has 2 aromatic carbocycles. The van der Waals surface area contributed by atoms with E-state index in [1.54, 1.807) is 26.3 Å². The van der Waals surface area contributed by atoms with Gasteiger partial charge in [-0.25, -0.2) is 4.39 Å². The molecular weight excluding hydrogens is 325 g/mol. The Kier molecular flexibility index (Phi) is 6.45. The summed E-state index contributed by atoms with van der Waals surface area (Å²) < 4.78 is 24.2. The third kappa shape index (κ3) is 5.00. The summed E-state index contributed by atoms with van der Waals surface area (Å²) in [4.78, 5) is 4.13. The van der Waals surface area contributed by atoms with Crippen molar-refractivity contribution in [2.45, 2.75) is 13.5 Å². The number of aliphatic imine (C=N–C) groups is 1. The van der Waals surface area contributed by atoms with Crippen molar-refractivity contribution in [1.82, 2.24) is 5.32 Å². The second-order valence-corrected chi connectivity index (χ2v) is 5.14. The first-order valence-electron chi connectivity index (χ1n) is 7.83. The van der Waals surface area contributed by atoms with Crippen molar-refractivity contribution < 1.29 is 19.0 Å². The van der Waals surface area contributed by atoms with Gasteiger partial charge >= 0.3 is 0 Å². The van der Waals surface area contributed by atoms with Crippen LogP contribution in [0.5, 0.6) is 17.2 Å². The van der Waals surface area contributed by atoms with Gasteiger partial charge in [0.25, 0.3) is 0 Å². The number of nitrogens with one attached hydrogen (secondary N) is 2. The Morgan fingerprint density at radius 1 is 1.20 bits per heavy atom. The van der Waals surface area contributed by atoms with Gasteiger partial charge in [-0.3, -0.25) is 4.99 Å². The van der Waals surface area contributed by atoms with Gasteiger partial charge in [0.2, 0.25) is 0 Å². The molecular formula is C18H22FN3O3. The Morgan fingerprint density at radius 3 is 2.64 bits per heavy atom. The highest BCUT2D eigenvalue weighted by molar-refractivity contribution is 5.93. The maximum atomic E-state index is 13.4. The number of ether oxygens (including phenoxy) is 2. The molecule has 0 aliphatic rings. The highest BCUT2D eigenvalue weighted by Gasteiger charge is 2.07. The first-order chi connectivity index (χ1) is 12.1. The number of aromatic hydroxyl groups is 1. The van der Waals surface area contributed by atoms with Crippen LogP contribution in [-0.2, 0) is 6.54 Å². The number of nitrogens with zero attached hydrogens (tertiary/aromatic N) is 1. The molecule has 7 heteroatoms. The number of benzene rings is 2.